The molecule has 0 amide bonds. The van der Waals surface area contributed by atoms with Gasteiger partial charge in [-0.3, -0.25) is 9.79 Å². The first-order valence-corrected chi connectivity index (χ1v) is 8.89. The molecule has 6 N–H and O–H groups in total. The number of hydrogen-bond acceptors (Lipinski definition) is 4. The van der Waals surface area contributed by atoms with Gasteiger partial charge in [0, 0.05) is 0 Å². The molecule has 11 heteroatoms. The maximum absolute atomic E-state index is 10.3. The number of para-hydroxylation sites is 2. The maximum atomic E-state index is 10.3. The summed E-state index contributed by atoms with van der Waals surface area (Å²) in [7, 11) is -9.03. The van der Waals surface area contributed by atoms with Crippen molar-refractivity contribution in [3.8, 4) is 11.5 Å². The van der Waals surface area contributed by atoms with Crippen LogP contribution in [0.25, 0.3) is 0 Å². The van der Waals surface area contributed by atoms with E-state index in [9.17, 15) is 4.57 Å². The highest BCUT2D eigenvalue weighted by molar-refractivity contribution is 7.46. The summed E-state index contributed by atoms with van der Waals surface area (Å²) in [6.07, 6.45) is 0. The van der Waals surface area contributed by atoms with Crippen LogP contribution in [-0.2, 0) is 9.13 Å². The second-order valence-electron chi connectivity index (χ2n) is 3.74. The molecule has 23 heavy (non-hydrogen) atoms. The van der Waals surface area contributed by atoms with Crippen LogP contribution < -0.4 is 4.52 Å². The fourth-order valence-corrected chi connectivity index (χ4v) is 1.44. The first-order chi connectivity index (χ1) is 10.5. The first-order valence-electron chi connectivity index (χ1n) is 5.80. The zero-order valence-electron chi connectivity index (χ0n) is 11.6. The topological polar surface area (TPSA) is 165 Å². The van der Waals surface area contributed by atoms with Gasteiger partial charge in [0.25, 0.3) is 0 Å². The molecule has 0 aliphatic heterocycles. The molecule has 0 fully saturated rings. The highest BCUT2D eigenvalue weighted by Crippen LogP contribution is 2.36. The van der Waals surface area contributed by atoms with Crippen LogP contribution in [0.1, 0.15) is 0 Å². The third kappa shape index (κ3) is 18.3. The van der Waals surface area contributed by atoms with Crippen molar-refractivity contribution in [2.75, 3.05) is 0 Å². The Morgan fingerprint density at radius 3 is 1.30 bits per heavy atom. The average Bonchev–Trinajstić information content (AvgIpc) is 2.37. The zero-order chi connectivity index (χ0) is 17.9. The van der Waals surface area contributed by atoms with E-state index in [1.165, 1.54) is 12.1 Å². The Morgan fingerprint density at radius 1 is 0.696 bits per heavy atom. The van der Waals surface area contributed by atoms with E-state index in [1.54, 1.807) is 42.5 Å². The maximum Gasteiger partial charge on any atom is 0.524 e. The van der Waals surface area contributed by atoms with Crippen molar-refractivity contribution in [1.29, 1.82) is 0 Å². The number of phosphoric ester groups is 1. The fourth-order valence-electron chi connectivity index (χ4n) is 1.05. The Balaban J connectivity index is 0.000000347. The Bertz CT molecular complexity index is 628. The lowest BCUT2D eigenvalue weighted by Crippen LogP contribution is -1.88. The summed E-state index contributed by atoms with van der Waals surface area (Å²) in [5.74, 6) is 0.489. The second-order valence-corrected chi connectivity index (χ2v) is 5.93. The summed E-state index contributed by atoms with van der Waals surface area (Å²) >= 11 is 0. The molecule has 0 aliphatic carbocycles. The predicted octanol–water partition coefficient (Wildman–Crippen LogP) is 1.62. The first kappa shape index (κ1) is 21.3. The number of aromatic hydroxyl groups is 1. The van der Waals surface area contributed by atoms with Crippen molar-refractivity contribution in [3.05, 3.63) is 60.7 Å². The van der Waals surface area contributed by atoms with Crippen molar-refractivity contribution in [2.45, 2.75) is 0 Å². The van der Waals surface area contributed by atoms with E-state index in [0.717, 1.165) is 0 Å². The third-order valence-electron chi connectivity index (χ3n) is 1.72. The minimum Gasteiger partial charge on any atom is -0.508 e. The molecule has 0 bridgehead atoms. The van der Waals surface area contributed by atoms with Gasteiger partial charge in [-0.05, 0) is 24.3 Å². The third-order valence-corrected chi connectivity index (χ3v) is 2.17. The van der Waals surface area contributed by atoms with Gasteiger partial charge in [0.05, 0.1) is 0 Å². The molecular weight excluding hydrogens is 350 g/mol. The largest absolute Gasteiger partial charge is 0.524 e. The molecule has 2 rings (SSSR count). The second kappa shape index (κ2) is 10.1. The van der Waals surface area contributed by atoms with Gasteiger partial charge in [-0.1, -0.05) is 36.4 Å². The van der Waals surface area contributed by atoms with E-state index >= 15 is 0 Å². The summed E-state index contributed by atoms with van der Waals surface area (Å²) in [6.45, 7) is 0. The number of hydrogen-bond donors (Lipinski definition) is 6. The van der Waals surface area contributed by atoms with Gasteiger partial charge in [0.1, 0.15) is 11.5 Å². The van der Waals surface area contributed by atoms with Crippen LogP contribution in [0.3, 0.4) is 0 Å². The highest BCUT2D eigenvalue weighted by Gasteiger charge is 2.14. The molecular formula is C12H16O9P2. The van der Waals surface area contributed by atoms with Crippen molar-refractivity contribution >= 4 is 15.6 Å². The molecule has 0 saturated heterocycles. The van der Waals surface area contributed by atoms with Gasteiger partial charge < -0.3 is 24.3 Å². The Hall–Kier alpha value is -1.70. The summed E-state index contributed by atoms with van der Waals surface area (Å²) in [4.78, 5) is 38.3. The van der Waals surface area contributed by atoms with Crippen molar-refractivity contribution in [3.63, 3.8) is 0 Å². The lowest BCUT2D eigenvalue weighted by Gasteiger charge is -2.04. The summed E-state index contributed by atoms with van der Waals surface area (Å²) < 4.78 is 23.4. The number of phosphoric acid groups is 2. The van der Waals surface area contributed by atoms with Crippen molar-refractivity contribution in [1.82, 2.24) is 0 Å². The van der Waals surface area contributed by atoms with Crippen LogP contribution in [0, 0.1) is 0 Å². The minimum absolute atomic E-state index is 0.167. The molecule has 0 atom stereocenters. The lowest BCUT2D eigenvalue weighted by atomic mass is 10.3. The van der Waals surface area contributed by atoms with E-state index in [2.05, 4.69) is 4.52 Å². The predicted molar refractivity (Wildman–Crippen MR) is 81.5 cm³/mol. The quantitative estimate of drug-likeness (QED) is 0.433. The van der Waals surface area contributed by atoms with Crippen molar-refractivity contribution < 1.29 is 43.2 Å². The molecule has 0 spiro atoms. The zero-order valence-corrected chi connectivity index (χ0v) is 13.4. The molecule has 128 valence electrons. The van der Waals surface area contributed by atoms with Crippen molar-refractivity contribution in [2.24, 2.45) is 0 Å². The number of phenolic OH excluding ortho intramolecular Hbond substituents is 1. The molecule has 0 aliphatic rings. The molecule has 0 aromatic heterocycles. The Kier molecular flexibility index (Phi) is 9.40. The number of benzene rings is 2. The molecule has 0 heterocycles. The van der Waals surface area contributed by atoms with E-state index < -0.39 is 15.6 Å². The molecule has 9 nitrogen and oxygen atoms in total. The fraction of sp³-hybridized carbons (Fsp3) is 0. The molecule has 2 aromatic carbocycles. The van der Waals surface area contributed by atoms with Crippen LogP contribution in [0.5, 0.6) is 11.5 Å². The molecule has 0 saturated carbocycles. The summed E-state index contributed by atoms with van der Waals surface area (Å²) in [5, 5.41) is 8.63. The van der Waals surface area contributed by atoms with E-state index in [0.29, 0.717) is 5.75 Å². The average molecular weight is 366 g/mol. The Morgan fingerprint density at radius 2 is 1.04 bits per heavy atom. The van der Waals surface area contributed by atoms with Gasteiger partial charge in [-0.2, -0.15) is 0 Å². The van der Waals surface area contributed by atoms with Crippen LogP contribution in [0.15, 0.2) is 60.7 Å². The number of rotatable bonds is 2. The summed E-state index contributed by atoms with van der Waals surface area (Å²) in [5.41, 5.74) is 0. The van der Waals surface area contributed by atoms with Crippen LogP contribution >= 0.6 is 15.6 Å². The van der Waals surface area contributed by atoms with E-state index in [4.69, 9.17) is 34.1 Å². The van der Waals surface area contributed by atoms with Crippen LogP contribution in [0.4, 0.5) is 0 Å². The highest BCUT2D eigenvalue weighted by atomic mass is 31.2. The van der Waals surface area contributed by atoms with Gasteiger partial charge >= 0.3 is 15.6 Å². The SMILES string of the molecule is O=P(O)(O)O.O=P(O)(O)Oc1ccccc1.Oc1ccccc1. The number of phenols is 1. The molecule has 2 aromatic rings. The van der Waals surface area contributed by atoms with Crippen LogP contribution in [-0.4, -0.2) is 29.6 Å². The van der Waals surface area contributed by atoms with Gasteiger partial charge in [0.2, 0.25) is 0 Å². The van der Waals surface area contributed by atoms with E-state index in [1.807, 2.05) is 6.07 Å². The monoisotopic (exact) mass is 366 g/mol. The molecule has 0 radical (unpaired) electrons. The van der Waals surface area contributed by atoms with Gasteiger partial charge in [-0.25, -0.2) is 9.13 Å². The normalized spacial score (nSPS) is 10.5. The smallest absolute Gasteiger partial charge is 0.508 e. The lowest BCUT2D eigenvalue weighted by molar-refractivity contribution is 0.274. The van der Waals surface area contributed by atoms with Crippen LogP contribution in [0.2, 0.25) is 0 Å². The molecule has 0 unspecified atom stereocenters. The van der Waals surface area contributed by atoms with Gasteiger partial charge in [-0.15, -0.1) is 0 Å². The Labute approximate surface area is 131 Å². The van der Waals surface area contributed by atoms with Gasteiger partial charge in [0.15, 0.2) is 0 Å². The summed E-state index contributed by atoms with van der Waals surface area (Å²) in [6, 6.07) is 16.6. The van der Waals surface area contributed by atoms with E-state index in [-0.39, 0.29) is 5.75 Å². The standard InChI is InChI=1S/C6H7O4P.C6H6O.H3O4P/c7-11(8,9)10-6-4-2-1-3-5-6;7-6-4-2-1-3-5-6;1-5(2,3)4/h1-5H,(H2,7,8,9);1-5,7H;(H3,1,2,3,4). The minimum atomic E-state index is -4.64.